The Morgan fingerprint density at radius 3 is 2.40 bits per heavy atom. The van der Waals surface area contributed by atoms with E-state index in [1.54, 1.807) is 47.4 Å². The minimum absolute atomic E-state index is 0.153. The van der Waals surface area contributed by atoms with Crippen molar-refractivity contribution in [1.82, 2.24) is 15.1 Å². The van der Waals surface area contributed by atoms with Crippen LogP contribution in [0, 0.1) is 6.92 Å². The van der Waals surface area contributed by atoms with Gasteiger partial charge in [-0.3, -0.25) is 9.59 Å². The predicted molar refractivity (Wildman–Crippen MR) is 113 cm³/mol. The highest BCUT2D eigenvalue weighted by atomic mass is 16.5. The number of carbonyl (C=O) groups is 2. The molecule has 1 aliphatic heterocycles. The topological polar surface area (TPSA) is 72.4 Å². The van der Waals surface area contributed by atoms with Gasteiger partial charge in [-0.05, 0) is 31.9 Å². The van der Waals surface area contributed by atoms with Crippen LogP contribution in [-0.2, 0) is 0 Å². The van der Waals surface area contributed by atoms with Crippen molar-refractivity contribution in [3.05, 3.63) is 89.1 Å². The summed E-state index contributed by atoms with van der Waals surface area (Å²) in [5, 5.41) is 8.06. The van der Waals surface area contributed by atoms with Crippen LogP contribution < -0.4 is 4.74 Å². The van der Waals surface area contributed by atoms with E-state index in [1.807, 2.05) is 31.2 Å². The standard InChI is InChI=1S/C24H23N3O3/c1-17-13-14-22(26-25-17)30-19-10-7-15-27(16-19)24(29)21-12-6-5-11-20(21)23(28)18-8-3-2-4-9-18/h2-6,8-9,11-14,19H,7,10,15-16H2,1H3. The summed E-state index contributed by atoms with van der Waals surface area (Å²) in [4.78, 5) is 28.0. The van der Waals surface area contributed by atoms with Gasteiger partial charge in [0.15, 0.2) is 5.78 Å². The maximum absolute atomic E-state index is 13.3. The van der Waals surface area contributed by atoms with Crippen molar-refractivity contribution in [2.45, 2.75) is 25.9 Å². The lowest BCUT2D eigenvalue weighted by Gasteiger charge is -2.33. The van der Waals surface area contributed by atoms with E-state index in [4.69, 9.17) is 4.74 Å². The largest absolute Gasteiger partial charge is 0.471 e. The average Bonchev–Trinajstić information content (AvgIpc) is 2.80. The number of benzene rings is 2. The first-order chi connectivity index (χ1) is 14.6. The molecular weight excluding hydrogens is 378 g/mol. The summed E-state index contributed by atoms with van der Waals surface area (Å²) in [5.74, 6) is 0.150. The molecule has 1 aliphatic rings. The molecule has 2 aromatic carbocycles. The van der Waals surface area contributed by atoms with Gasteiger partial charge in [0.25, 0.3) is 5.91 Å². The first kappa shape index (κ1) is 19.8. The van der Waals surface area contributed by atoms with E-state index >= 15 is 0 Å². The Morgan fingerprint density at radius 2 is 1.67 bits per heavy atom. The molecule has 2 heterocycles. The highest BCUT2D eigenvalue weighted by Crippen LogP contribution is 2.21. The van der Waals surface area contributed by atoms with E-state index in [9.17, 15) is 9.59 Å². The molecule has 0 saturated carbocycles. The summed E-state index contributed by atoms with van der Waals surface area (Å²) in [7, 11) is 0. The molecule has 0 N–H and O–H groups in total. The molecule has 30 heavy (non-hydrogen) atoms. The lowest BCUT2D eigenvalue weighted by Crippen LogP contribution is -2.44. The monoisotopic (exact) mass is 401 g/mol. The molecule has 1 amide bonds. The number of amides is 1. The van der Waals surface area contributed by atoms with Gasteiger partial charge in [-0.1, -0.05) is 48.5 Å². The lowest BCUT2D eigenvalue weighted by atomic mass is 9.97. The van der Waals surface area contributed by atoms with E-state index in [1.165, 1.54) is 0 Å². The molecule has 4 rings (SSSR count). The quantitative estimate of drug-likeness (QED) is 0.610. The molecule has 6 heteroatoms. The van der Waals surface area contributed by atoms with Gasteiger partial charge in [0.05, 0.1) is 17.8 Å². The third-order valence-corrected chi connectivity index (χ3v) is 5.16. The zero-order valence-electron chi connectivity index (χ0n) is 16.8. The van der Waals surface area contributed by atoms with Gasteiger partial charge in [0.1, 0.15) is 6.10 Å². The SMILES string of the molecule is Cc1ccc(OC2CCCN(C(=O)c3ccccc3C(=O)c3ccccc3)C2)nn1. The summed E-state index contributed by atoms with van der Waals surface area (Å²) < 4.78 is 5.94. The first-order valence-electron chi connectivity index (χ1n) is 10.1. The van der Waals surface area contributed by atoms with E-state index in [0.29, 0.717) is 35.7 Å². The smallest absolute Gasteiger partial charge is 0.254 e. The number of likely N-dealkylation sites (tertiary alicyclic amines) is 1. The molecule has 0 radical (unpaired) electrons. The molecule has 3 aromatic rings. The Hall–Kier alpha value is -3.54. The molecule has 1 unspecified atom stereocenters. The van der Waals surface area contributed by atoms with Gasteiger partial charge in [-0.25, -0.2) is 0 Å². The van der Waals surface area contributed by atoms with Crippen molar-refractivity contribution in [2.75, 3.05) is 13.1 Å². The number of carbonyl (C=O) groups excluding carboxylic acids is 2. The second kappa shape index (κ2) is 8.86. The van der Waals surface area contributed by atoms with Crippen molar-refractivity contribution in [3.63, 3.8) is 0 Å². The molecule has 0 bridgehead atoms. The van der Waals surface area contributed by atoms with Crippen LogP contribution in [0.4, 0.5) is 0 Å². The van der Waals surface area contributed by atoms with Crippen molar-refractivity contribution in [1.29, 1.82) is 0 Å². The molecule has 6 nitrogen and oxygen atoms in total. The van der Waals surface area contributed by atoms with Gasteiger partial charge in [-0.2, -0.15) is 5.10 Å². The number of piperidine rings is 1. The zero-order valence-corrected chi connectivity index (χ0v) is 16.8. The number of hydrogen-bond acceptors (Lipinski definition) is 5. The van der Waals surface area contributed by atoms with Crippen molar-refractivity contribution in [2.24, 2.45) is 0 Å². The van der Waals surface area contributed by atoms with Crippen molar-refractivity contribution < 1.29 is 14.3 Å². The summed E-state index contributed by atoms with van der Waals surface area (Å²) in [6.45, 7) is 2.94. The second-order valence-electron chi connectivity index (χ2n) is 7.39. The average molecular weight is 401 g/mol. The van der Waals surface area contributed by atoms with Gasteiger partial charge >= 0.3 is 0 Å². The van der Waals surface area contributed by atoms with Crippen LogP contribution in [0.2, 0.25) is 0 Å². The number of ketones is 1. The lowest BCUT2D eigenvalue weighted by molar-refractivity contribution is 0.0523. The molecular formula is C24H23N3O3. The Morgan fingerprint density at radius 1 is 0.933 bits per heavy atom. The molecule has 152 valence electrons. The normalized spacial score (nSPS) is 16.2. The van der Waals surface area contributed by atoms with Crippen LogP contribution >= 0.6 is 0 Å². The molecule has 0 aliphatic carbocycles. The van der Waals surface area contributed by atoms with Gasteiger partial charge < -0.3 is 9.64 Å². The maximum atomic E-state index is 13.3. The molecule has 1 aromatic heterocycles. The van der Waals surface area contributed by atoms with E-state index in [-0.39, 0.29) is 17.8 Å². The van der Waals surface area contributed by atoms with Crippen molar-refractivity contribution in [3.8, 4) is 5.88 Å². The summed E-state index contributed by atoms with van der Waals surface area (Å²) >= 11 is 0. The Labute approximate surface area is 175 Å². The van der Waals surface area contributed by atoms with E-state index in [2.05, 4.69) is 10.2 Å². The van der Waals surface area contributed by atoms with E-state index in [0.717, 1.165) is 18.5 Å². The third-order valence-electron chi connectivity index (χ3n) is 5.16. The van der Waals surface area contributed by atoms with E-state index < -0.39 is 0 Å². The molecule has 1 atom stereocenters. The van der Waals surface area contributed by atoms with Crippen LogP contribution in [-0.4, -0.2) is 46.0 Å². The number of nitrogens with zero attached hydrogens (tertiary/aromatic N) is 3. The highest BCUT2D eigenvalue weighted by Gasteiger charge is 2.28. The fraction of sp³-hybridized carbons (Fsp3) is 0.250. The van der Waals surface area contributed by atoms with Gasteiger partial charge in [-0.15, -0.1) is 5.10 Å². The number of hydrogen-bond donors (Lipinski definition) is 0. The first-order valence-corrected chi connectivity index (χ1v) is 10.1. The Bertz CT molecular complexity index is 1040. The van der Waals surface area contributed by atoms with Gasteiger partial charge in [0, 0.05) is 23.7 Å². The molecule has 1 saturated heterocycles. The van der Waals surface area contributed by atoms with Crippen LogP contribution in [0.1, 0.15) is 44.8 Å². The van der Waals surface area contributed by atoms with Crippen LogP contribution in [0.3, 0.4) is 0 Å². The second-order valence-corrected chi connectivity index (χ2v) is 7.39. The fourth-order valence-electron chi connectivity index (χ4n) is 3.62. The summed E-state index contributed by atoms with van der Waals surface area (Å²) in [6.07, 6.45) is 1.51. The Kier molecular flexibility index (Phi) is 5.84. The number of aromatic nitrogens is 2. The summed E-state index contributed by atoms with van der Waals surface area (Å²) in [5.41, 5.74) is 2.22. The minimum atomic E-state index is -0.156. The van der Waals surface area contributed by atoms with Crippen LogP contribution in [0.15, 0.2) is 66.7 Å². The molecule has 0 spiro atoms. The third kappa shape index (κ3) is 4.38. The number of aryl methyl sites for hydroxylation is 1. The highest BCUT2D eigenvalue weighted by molar-refractivity contribution is 6.15. The number of ether oxygens (including phenoxy) is 1. The predicted octanol–water partition coefficient (Wildman–Crippen LogP) is 3.70. The van der Waals surface area contributed by atoms with Gasteiger partial charge in [0.2, 0.25) is 5.88 Å². The fourth-order valence-corrected chi connectivity index (χ4v) is 3.62. The summed E-state index contributed by atoms with van der Waals surface area (Å²) in [6, 6.07) is 19.7. The minimum Gasteiger partial charge on any atom is -0.471 e. The maximum Gasteiger partial charge on any atom is 0.254 e. The molecule has 1 fully saturated rings. The van der Waals surface area contributed by atoms with Crippen LogP contribution in [0.25, 0.3) is 0 Å². The Balaban J connectivity index is 1.51. The van der Waals surface area contributed by atoms with Crippen molar-refractivity contribution >= 4 is 11.7 Å². The zero-order chi connectivity index (χ0) is 20.9. The number of rotatable bonds is 5. The van der Waals surface area contributed by atoms with Crippen LogP contribution in [0.5, 0.6) is 5.88 Å².